The van der Waals surface area contributed by atoms with Gasteiger partial charge in [0.15, 0.2) is 6.10 Å². The molecule has 2 aromatic carbocycles. The van der Waals surface area contributed by atoms with Crippen molar-refractivity contribution in [3.63, 3.8) is 0 Å². The van der Waals surface area contributed by atoms with Gasteiger partial charge in [-0.15, -0.1) is 0 Å². The Hall–Kier alpha value is -2.28. The van der Waals surface area contributed by atoms with Crippen molar-refractivity contribution in [3.8, 4) is 5.75 Å². The molecule has 0 saturated carbocycles. The number of carbonyl (C=O) groups is 2. The molecular formula is C21H24Cl2N2O4. The first-order chi connectivity index (χ1) is 13.9. The summed E-state index contributed by atoms with van der Waals surface area (Å²) in [7, 11) is 0. The molecule has 2 rings (SSSR count). The van der Waals surface area contributed by atoms with Crippen LogP contribution in [0.15, 0.2) is 42.5 Å². The van der Waals surface area contributed by atoms with E-state index in [1.807, 2.05) is 6.92 Å². The highest BCUT2D eigenvalue weighted by Gasteiger charge is 2.19. The van der Waals surface area contributed by atoms with Gasteiger partial charge in [0.1, 0.15) is 5.75 Å². The minimum atomic E-state index is -0.837. The van der Waals surface area contributed by atoms with Crippen LogP contribution in [-0.2, 0) is 9.53 Å². The number of anilines is 1. The number of nitrogens with one attached hydrogen (secondary N) is 2. The van der Waals surface area contributed by atoms with Crippen LogP contribution >= 0.6 is 23.2 Å². The zero-order valence-corrected chi connectivity index (χ0v) is 17.8. The van der Waals surface area contributed by atoms with Gasteiger partial charge < -0.3 is 20.1 Å². The van der Waals surface area contributed by atoms with E-state index in [2.05, 4.69) is 10.6 Å². The van der Waals surface area contributed by atoms with Gasteiger partial charge in [0.2, 0.25) is 0 Å². The van der Waals surface area contributed by atoms with E-state index in [1.54, 1.807) is 43.3 Å². The third kappa shape index (κ3) is 7.24. The Labute approximate surface area is 180 Å². The average molecular weight is 439 g/mol. The maximum absolute atomic E-state index is 12.5. The molecule has 0 aromatic heterocycles. The highest BCUT2D eigenvalue weighted by atomic mass is 35.5. The SMILES string of the molecule is CCOCCCNC(=O)c1ccccc1NC(=O)C(C)Oc1ccc(Cl)cc1Cl. The smallest absolute Gasteiger partial charge is 0.265 e. The molecule has 2 aromatic rings. The highest BCUT2D eigenvalue weighted by molar-refractivity contribution is 6.35. The summed E-state index contributed by atoms with van der Waals surface area (Å²) in [5.41, 5.74) is 0.770. The summed E-state index contributed by atoms with van der Waals surface area (Å²) in [6.45, 7) is 5.22. The number of halogens is 2. The Balaban J connectivity index is 1.98. The van der Waals surface area contributed by atoms with Crippen LogP contribution in [0.25, 0.3) is 0 Å². The molecule has 1 unspecified atom stereocenters. The first kappa shape index (κ1) is 23.0. The summed E-state index contributed by atoms with van der Waals surface area (Å²) < 4.78 is 10.9. The van der Waals surface area contributed by atoms with E-state index >= 15 is 0 Å². The molecule has 156 valence electrons. The zero-order chi connectivity index (χ0) is 21.2. The third-order valence-electron chi connectivity index (χ3n) is 3.95. The van der Waals surface area contributed by atoms with Crippen molar-refractivity contribution in [2.24, 2.45) is 0 Å². The summed E-state index contributed by atoms with van der Waals surface area (Å²) in [6.07, 6.45) is -0.128. The molecule has 0 heterocycles. The summed E-state index contributed by atoms with van der Waals surface area (Å²) in [4.78, 5) is 25.0. The molecule has 0 radical (unpaired) electrons. The van der Waals surface area contributed by atoms with Crippen LogP contribution in [-0.4, -0.2) is 37.7 Å². The topological polar surface area (TPSA) is 76.7 Å². The molecule has 29 heavy (non-hydrogen) atoms. The monoisotopic (exact) mass is 438 g/mol. The first-order valence-electron chi connectivity index (χ1n) is 9.30. The normalized spacial score (nSPS) is 11.6. The van der Waals surface area contributed by atoms with E-state index in [4.69, 9.17) is 32.7 Å². The lowest BCUT2D eigenvalue weighted by atomic mass is 10.1. The van der Waals surface area contributed by atoms with Gasteiger partial charge in [-0.25, -0.2) is 0 Å². The standard InChI is InChI=1S/C21H24Cl2N2O4/c1-3-28-12-6-11-24-21(27)16-7-4-5-8-18(16)25-20(26)14(2)29-19-10-9-15(22)13-17(19)23/h4-5,7-10,13-14H,3,6,11-12H2,1-2H3,(H,24,27)(H,25,26). The lowest BCUT2D eigenvalue weighted by Crippen LogP contribution is -2.32. The quantitative estimate of drug-likeness (QED) is 0.533. The van der Waals surface area contributed by atoms with Crippen LogP contribution in [0, 0.1) is 0 Å². The molecule has 0 spiro atoms. The van der Waals surface area contributed by atoms with Crippen molar-refractivity contribution in [2.45, 2.75) is 26.4 Å². The Morgan fingerprint density at radius 2 is 1.90 bits per heavy atom. The second-order valence-electron chi connectivity index (χ2n) is 6.18. The molecule has 0 fully saturated rings. The van der Waals surface area contributed by atoms with Crippen LogP contribution in [0.2, 0.25) is 10.0 Å². The molecule has 0 bridgehead atoms. The number of carbonyl (C=O) groups excluding carboxylic acids is 2. The van der Waals surface area contributed by atoms with E-state index < -0.39 is 12.0 Å². The van der Waals surface area contributed by atoms with Crippen LogP contribution in [0.1, 0.15) is 30.6 Å². The number of para-hydroxylation sites is 1. The van der Waals surface area contributed by atoms with Gasteiger partial charge in [0.25, 0.3) is 11.8 Å². The number of ether oxygens (including phenoxy) is 2. The van der Waals surface area contributed by atoms with Crippen molar-refractivity contribution in [1.29, 1.82) is 0 Å². The molecule has 0 aliphatic rings. The molecule has 2 N–H and O–H groups in total. The Kier molecular flexibility index (Phi) is 9.25. The Bertz CT molecular complexity index is 845. The number of hydrogen-bond donors (Lipinski definition) is 2. The predicted molar refractivity (Wildman–Crippen MR) is 115 cm³/mol. The fraction of sp³-hybridized carbons (Fsp3) is 0.333. The minimum absolute atomic E-state index is 0.272. The van der Waals surface area contributed by atoms with Gasteiger partial charge in [-0.1, -0.05) is 35.3 Å². The van der Waals surface area contributed by atoms with Crippen LogP contribution < -0.4 is 15.4 Å². The molecule has 0 aliphatic carbocycles. The van der Waals surface area contributed by atoms with Crippen LogP contribution in [0.3, 0.4) is 0 Å². The van der Waals surface area contributed by atoms with Crippen molar-refractivity contribution >= 4 is 40.7 Å². The van der Waals surface area contributed by atoms with E-state index in [-0.39, 0.29) is 5.91 Å². The summed E-state index contributed by atoms with van der Waals surface area (Å²) in [6, 6.07) is 11.5. The van der Waals surface area contributed by atoms with Gasteiger partial charge in [-0.2, -0.15) is 0 Å². The fourth-order valence-electron chi connectivity index (χ4n) is 2.45. The number of rotatable bonds is 10. The lowest BCUT2D eigenvalue weighted by molar-refractivity contribution is -0.122. The summed E-state index contributed by atoms with van der Waals surface area (Å²) >= 11 is 11.9. The maximum Gasteiger partial charge on any atom is 0.265 e. The molecule has 6 nitrogen and oxygen atoms in total. The molecular weight excluding hydrogens is 415 g/mol. The molecule has 0 aliphatic heterocycles. The van der Waals surface area contributed by atoms with Gasteiger partial charge >= 0.3 is 0 Å². The molecule has 1 atom stereocenters. The van der Waals surface area contributed by atoms with E-state index in [1.165, 1.54) is 6.07 Å². The number of amides is 2. The molecule has 0 saturated heterocycles. The average Bonchev–Trinajstić information content (AvgIpc) is 2.70. The zero-order valence-electron chi connectivity index (χ0n) is 16.3. The summed E-state index contributed by atoms with van der Waals surface area (Å²) in [5, 5.41) is 6.34. The van der Waals surface area contributed by atoms with Crippen molar-refractivity contribution < 1.29 is 19.1 Å². The van der Waals surface area contributed by atoms with Crippen molar-refractivity contribution in [3.05, 3.63) is 58.1 Å². The fourth-order valence-corrected chi connectivity index (χ4v) is 2.91. The second-order valence-corrected chi connectivity index (χ2v) is 7.02. The highest BCUT2D eigenvalue weighted by Crippen LogP contribution is 2.28. The number of benzene rings is 2. The van der Waals surface area contributed by atoms with Gasteiger partial charge in [0.05, 0.1) is 16.3 Å². The molecule has 8 heteroatoms. The van der Waals surface area contributed by atoms with Gasteiger partial charge in [-0.05, 0) is 50.6 Å². The lowest BCUT2D eigenvalue weighted by Gasteiger charge is -2.17. The Morgan fingerprint density at radius 3 is 2.62 bits per heavy atom. The van der Waals surface area contributed by atoms with Crippen LogP contribution in [0.5, 0.6) is 5.75 Å². The van der Waals surface area contributed by atoms with Crippen molar-refractivity contribution in [2.75, 3.05) is 25.1 Å². The third-order valence-corrected chi connectivity index (χ3v) is 4.48. The summed E-state index contributed by atoms with van der Waals surface area (Å²) in [5.74, 6) is -0.335. The predicted octanol–water partition coefficient (Wildman–Crippen LogP) is 4.56. The van der Waals surface area contributed by atoms with Crippen molar-refractivity contribution in [1.82, 2.24) is 5.32 Å². The van der Waals surface area contributed by atoms with Crippen LogP contribution in [0.4, 0.5) is 5.69 Å². The van der Waals surface area contributed by atoms with E-state index in [0.29, 0.717) is 53.2 Å². The second kappa shape index (κ2) is 11.7. The van der Waals surface area contributed by atoms with E-state index in [0.717, 1.165) is 0 Å². The minimum Gasteiger partial charge on any atom is -0.479 e. The molecule has 2 amide bonds. The largest absolute Gasteiger partial charge is 0.479 e. The number of hydrogen-bond acceptors (Lipinski definition) is 4. The van der Waals surface area contributed by atoms with Gasteiger partial charge in [0, 0.05) is 24.8 Å². The Morgan fingerprint density at radius 1 is 1.14 bits per heavy atom. The maximum atomic E-state index is 12.5. The van der Waals surface area contributed by atoms with Gasteiger partial charge in [-0.3, -0.25) is 9.59 Å². The van der Waals surface area contributed by atoms with E-state index in [9.17, 15) is 9.59 Å². The first-order valence-corrected chi connectivity index (χ1v) is 10.1.